The number of benzene rings is 2. The fourth-order valence-electron chi connectivity index (χ4n) is 2.02. The molecular weight excluding hydrogens is 346 g/mol. The Hall–Kier alpha value is -3.29. The van der Waals surface area contributed by atoms with Crippen LogP contribution in [0.3, 0.4) is 0 Å². The highest BCUT2D eigenvalue weighted by Gasteiger charge is 2.21. The van der Waals surface area contributed by atoms with Gasteiger partial charge >= 0.3 is 5.97 Å². The highest BCUT2D eigenvalue weighted by atomic mass is 19.1. The van der Waals surface area contributed by atoms with E-state index in [1.54, 1.807) is 24.3 Å². The molecule has 2 aromatic carbocycles. The lowest BCUT2D eigenvalue weighted by atomic mass is 10.2. The standard InChI is InChI=1S/C18H16F2N2O4/c1-10(26-18(25)15-8-3-12(19)9-16(15)20)17(24)22-14-6-4-13(5-7-14)21-11(2)23/h3-10H,1-2H3,(H,21,23)(H,22,24)/t10-/m0/s1. The van der Waals surface area contributed by atoms with Crippen LogP contribution in [0.5, 0.6) is 0 Å². The first-order valence-corrected chi connectivity index (χ1v) is 7.61. The Labute approximate surface area is 148 Å². The number of anilines is 2. The number of esters is 1. The highest BCUT2D eigenvalue weighted by Crippen LogP contribution is 2.15. The SMILES string of the molecule is CC(=O)Nc1ccc(NC(=O)[C@H](C)OC(=O)c2ccc(F)cc2F)cc1. The van der Waals surface area contributed by atoms with Crippen LogP contribution in [0, 0.1) is 11.6 Å². The molecule has 0 fully saturated rings. The Kier molecular flexibility index (Phi) is 6.00. The number of amides is 2. The second-order valence-electron chi connectivity index (χ2n) is 5.42. The molecular formula is C18H16F2N2O4. The van der Waals surface area contributed by atoms with E-state index in [9.17, 15) is 23.2 Å². The predicted molar refractivity (Wildman–Crippen MR) is 90.6 cm³/mol. The number of carbonyl (C=O) groups excluding carboxylic acids is 3. The summed E-state index contributed by atoms with van der Waals surface area (Å²) < 4.78 is 31.3. The summed E-state index contributed by atoms with van der Waals surface area (Å²) >= 11 is 0. The molecule has 0 saturated carbocycles. The van der Waals surface area contributed by atoms with Gasteiger partial charge in [-0.15, -0.1) is 0 Å². The molecule has 2 aromatic rings. The number of halogens is 2. The monoisotopic (exact) mass is 362 g/mol. The van der Waals surface area contributed by atoms with Gasteiger partial charge in [-0.25, -0.2) is 13.6 Å². The molecule has 1 atom stereocenters. The minimum absolute atomic E-state index is 0.227. The van der Waals surface area contributed by atoms with Crippen LogP contribution < -0.4 is 10.6 Å². The van der Waals surface area contributed by atoms with E-state index in [-0.39, 0.29) is 5.91 Å². The Morgan fingerprint density at radius 1 is 0.962 bits per heavy atom. The Bertz CT molecular complexity index is 838. The van der Waals surface area contributed by atoms with Gasteiger partial charge in [-0.3, -0.25) is 9.59 Å². The van der Waals surface area contributed by atoms with Gasteiger partial charge < -0.3 is 15.4 Å². The lowest BCUT2D eigenvalue weighted by Crippen LogP contribution is -2.30. The van der Waals surface area contributed by atoms with Crippen molar-refractivity contribution in [1.29, 1.82) is 0 Å². The van der Waals surface area contributed by atoms with Crippen molar-refractivity contribution in [3.05, 3.63) is 59.7 Å². The zero-order valence-electron chi connectivity index (χ0n) is 14.0. The molecule has 0 aliphatic heterocycles. The van der Waals surface area contributed by atoms with Crippen molar-refractivity contribution in [2.45, 2.75) is 20.0 Å². The first kappa shape index (κ1) is 19.0. The molecule has 0 aliphatic rings. The van der Waals surface area contributed by atoms with E-state index >= 15 is 0 Å². The zero-order chi connectivity index (χ0) is 19.3. The maximum atomic E-state index is 13.6. The molecule has 0 spiro atoms. The topological polar surface area (TPSA) is 84.5 Å². The number of rotatable bonds is 5. The molecule has 26 heavy (non-hydrogen) atoms. The smallest absolute Gasteiger partial charge is 0.341 e. The third kappa shape index (κ3) is 5.10. The molecule has 0 aliphatic carbocycles. The van der Waals surface area contributed by atoms with E-state index in [0.717, 1.165) is 12.1 Å². The van der Waals surface area contributed by atoms with Gasteiger partial charge in [0.05, 0.1) is 5.56 Å². The van der Waals surface area contributed by atoms with Gasteiger partial charge in [-0.2, -0.15) is 0 Å². The summed E-state index contributed by atoms with van der Waals surface area (Å²) in [5.41, 5.74) is 0.507. The van der Waals surface area contributed by atoms with Crippen molar-refractivity contribution >= 4 is 29.2 Å². The molecule has 0 bridgehead atoms. The van der Waals surface area contributed by atoms with E-state index in [1.165, 1.54) is 13.8 Å². The minimum atomic E-state index is -1.21. The molecule has 2 N–H and O–H groups in total. The molecule has 136 valence electrons. The average Bonchev–Trinajstić information content (AvgIpc) is 2.55. The molecule has 2 rings (SSSR count). The van der Waals surface area contributed by atoms with E-state index in [4.69, 9.17) is 4.74 Å². The van der Waals surface area contributed by atoms with Crippen molar-refractivity contribution < 1.29 is 27.9 Å². The van der Waals surface area contributed by atoms with E-state index in [1.807, 2.05) is 0 Å². The van der Waals surface area contributed by atoms with E-state index in [0.29, 0.717) is 17.4 Å². The number of hydrogen-bond donors (Lipinski definition) is 2. The summed E-state index contributed by atoms with van der Waals surface area (Å²) in [5.74, 6) is -3.83. The molecule has 0 unspecified atom stereocenters. The van der Waals surface area contributed by atoms with Crippen molar-refractivity contribution in [2.24, 2.45) is 0 Å². The van der Waals surface area contributed by atoms with Crippen LogP contribution in [0.15, 0.2) is 42.5 Å². The number of carbonyl (C=O) groups is 3. The summed E-state index contributed by atoms with van der Waals surface area (Å²) in [6.07, 6.45) is -1.21. The normalized spacial score (nSPS) is 11.4. The maximum Gasteiger partial charge on any atom is 0.341 e. The first-order chi connectivity index (χ1) is 12.3. The van der Waals surface area contributed by atoms with Crippen LogP contribution in [0.1, 0.15) is 24.2 Å². The van der Waals surface area contributed by atoms with Crippen molar-refractivity contribution in [3.8, 4) is 0 Å². The van der Waals surface area contributed by atoms with E-state index < -0.39 is 35.2 Å². The number of hydrogen-bond acceptors (Lipinski definition) is 4. The van der Waals surface area contributed by atoms with Gasteiger partial charge in [-0.05, 0) is 43.3 Å². The van der Waals surface area contributed by atoms with Gasteiger partial charge in [0, 0.05) is 24.4 Å². The van der Waals surface area contributed by atoms with Crippen LogP contribution in [-0.4, -0.2) is 23.9 Å². The molecule has 0 radical (unpaired) electrons. The molecule has 8 heteroatoms. The Morgan fingerprint density at radius 3 is 2.08 bits per heavy atom. The summed E-state index contributed by atoms with van der Waals surface area (Å²) in [6.45, 7) is 2.69. The van der Waals surface area contributed by atoms with Gasteiger partial charge in [0.2, 0.25) is 5.91 Å². The van der Waals surface area contributed by atoms with Gasteiger partial charge in [0.15, 0.2) is 6.10 Å². The average molecular weight is 362 g/mol. The largest absolute Gasteiger partial charge is 0.449 e. The third-order valence-electron chi connectivity index (χ3n) is 3.28. The summed E-state index contributed by atoms with van der Waals surface area (Å²) in [5, 5.41) is 5.10. The van der Waals surface area contributed by atoms with Gasteiger partial charge in [0.1, 0.15) is 11.6 Å². The molecule has 2 amide bonds. The first-order valence-electron chi connectivity index (χ1n) is 7.61. The molecule has 0 saturated heterocycles. The van der Waals surface area contributed by atoms with Crippen LogP contribution in [0.4, 0.5) is 20.2 Å². The van der Waals surface area contributed by atoms with Gasteiger partial charge in [-0.1, -0.05) is 0 Å². The Balaban J connectivity index is 1.96. The maximum absolute atomic E-state index is 13.6. The zero-order valence-corrected chi connectivity index (χ0v) is 14.0. The molecule has 6 nitrogen and oxygen atoms in total. The predicted octanol–water partition coefficient (Wildman–Crippen LogP) is 3.11. The van der Waals surface area contributed by atoms with Crippen LogP contribution in [0.2, 0.25) is 0 Å². The summed E-state index contributed by atoms with van der Waals surface area (Å²) in [6, 6.07) is 8.69. The summed E-state index contributed by atoms with van der Waals surface area (Å²) in [4.78, 5) is 34.9. The number of nitrogens with one attached hydrogen (secondary N) is 2. The third-order valence-corrected chi connectivity index (χ3v) is 3.28. The van der Waals surface area contributed by atoms with Crippen LogP contribution >= 0.6 is 0 Å². The van der Waals surface area contributed by atoms with Crippen molar-refractivity contribution in [3.63, 3.8) is 0 Å². The van der Waals surface area contributed by atoms with E-state index in [2.05, 4.69) is 10.6 Å². The minimum Gasteiger partial charge on any atom is -0.449 e. The molecule has 0 aromatic heterocycles. The molecule has 0 heterocycles. The fourth-order valence-corrected chi connectivity index (χ4v) is 2.02. The van der Waals surface area contributed by atoms with Crippen LogP contribution in [0.25, 0.3) is 0 Å². The Morgan fingerprint density at radius 2 is 1.54 bits per heavy atom. The lowest BCUT2D eigenvalue weighted by Gasteiger charge is -2.14. The van der Waals surface area contributed by atoms with Crippen molar-refractivity contribution in [2.75, 3.05) is 10.6 Å². The lowest BCUT2D eigenvalue weighted by molar-refractivity contribution is -0.123. The highest BCUT2D eigenvalue weighted by molar-refractivity contribution is 5.97. The quantitative estimate of drug-likeness (QED) is 0.801. The fraction of sp³-hybridized carbons (Fsp3) is 0.167. The number of ether oxygens (including phenoxy) is 1. The second-order valence-corrected chi connectivity index (χ2v) is 5.42. The second kappa shape index (κ2) is 8.19. The summed E-state index contributed by atoms with van der Waals surface area (Å²) in [7, 11) is 0. The van der Waals surface area contributed by atoms with Crippen molar-refractivity contribution in [1.82, 2.24) is 0 Å². The van der Waals surface area contributed by atoms with Crippen LogP contribution in [-0.2, 0) is 14.3 Å². The van der Waals surface area contributed by atoms with Gasteiger partial charge in [0.25, 0.3) is 5.91 Å².